The number of benzene rings is 1. The van der Waals surface area contributed by atoms with E-state index in [1.54, 1.807) is 12.3 Å². The van der Waals surface area contributed by atoms with Crippen molar-refractivity contribution in [2.45, 2.75) is 25.9 Å². The lowest BCUT2D eigenvalue weighted by molar-refractivity contribution is -0.140. The monoisotopic (exact) mass is 325 g/mol. The summed E-state index contributed by atoms with van der Waals surface area (Å²) >= 11 is 0. The molecule has 2 rings (SSSR count). The number of Topliss-reactive ketones (excluding diaryl/α,β-unsaturated/α-hetero) is 1. The first-order valence-corrected chi connectivity index (χ1v) is 7.58. The highest BCUT2D eigenvalue weighted by atomic mass is 16.4. The van der Waals surface area contributed by atoms with Crippen LogP contribution in [0.3, 0.4) is 0 Å². The van der Waals surface area contributed by atoms with Gasteiger partial charge in [-0.3, -0.25) is 14.6 Å². The summed E-state index contributed by atoms with van der Waals surface area (Å²) in [4.78, 5) is 26.2. The van der Waals surface area contributed by atoms with Gasteiger partial charge in [0.15, 0.2) is 0 Å². The van der Waals surface area contributed by atoms with Crippen molar-refractivity contribution >= 4 is 17.8 Å². The van der Waals surface area contributed by atoms with E-state index in [2.05, 4.69) is 4.98 Å². The first-order chi connectivity index (χ1) is 11.5. The summed E-state index contributed by atoms with van der Waals surface area (Å²) in [5.74, 6) is -1.70. The van der Waals surface area contributed by atoms with E-state index in [4.69, 9.17) is 5.11 Å². The van der Waals surface area contributed by atoms with E-state index in [1.807, 2.05) is 43.3 Å². The number of ketones is 1. The van der Waals surface area contributed by atoms with Crippen LogP contribution in [0.4, 0.5) is 0 Å². The summed E-state index contributed by atoms with van der Waals surface area (Å²) in [7, 11) is 0. The summed E-state index contributed by atoms with van der Waals surface area (Å²) in [5, 5.41) is 18.5. The molecule has 2 aromatic rings. The molecule has 1 atom stereocenters. The van der Waals surface area contributed by atoms with Crippen LogP contribution in [0, 0.1) is 6.92 Å². The predicted molar refractivity (Wildman–Crippen MR) is 91.3 cm³/mol. The van der Waals surface area contributed by atoms with Crippen LogP contribution in [-0.2, 0) is 9.59 Å². The van der Waals surface area contributed by atoms with E-state index in [-0.39, 0.29) is 6.42 Å². The minimum Gasteiger partial charge on any atom is -0.481 e. The molecular formula is C19H19NO4. The van der Waals surface area contributed by atoms with E-state index in [1.165, 1.54) is 6.08 Å². The van der Waals surface area contributed by atoms with Crippen molar-refractivity contribution in [3.05, 3.63) is 59.9 Å². The molecule has 0 spiro atoms. The van der Waals surface area contributed by atoms with Gasteiger partial charge in [-0.2, -0.15) is 0 Å². The number of carboxylic acid groups (broad SMARTS) is 1. The van der Waals surface area contributed by atoms with Crippen LogP contribution in [0.25, 0.3) is 17.2 Å². The van der Waals surface area contributed by atoms with Crippen molar-refractivity contribution in [2.75, 3.05) is 0 Å². The topological polar surface area (TPSA) is 87.5 Å². The van der Waals surface area contributed by atoms with Crippen molar-refractivity contribution in [2.24, 2.45) is 0 Å². The second-order valence-electron chi connectivity index (χ2n) is 5.46. The molecule has 5 nitrogen and oxygen atoms in total. The van der Waals surface area contributed by atoms with Crippen LogP contribution >= 0.6 is 0 Å². The molecule has 0 aliphatic carbocycles. The van der Waals surface area contributed by atoms with Gasteiger partial charge in [0.1, 0.15) is 12.2 Å². The Kier molecular flexibility index (Phi) is 5.98. The van der Waals surface area contributed by atoms with Gasteiger partial charge in [-0.05, 0) is 24.1 Å². The zero-order valence-electron chi connectivity index (χ0n) is 13.3. The quantitative estimate of drug-likeness (QED) is 0.764. The molecule has 0 saturated heterocycles. The van der Waals surface area contributed by atoms with Crippen LogP contribution < -0.4 is 0 Å². The van der Waals surface area contributed by atoms with Crippen LogP contribution in [-0.4, -0.2) is 33.1 Å². The van der Waals surface area contributed by atoms with Crippen molar-refractivity contribution in [3.63, 3.8) is 0 Å². The molecular weight excluding hydrogens is 306 g/mol. The number of carbonyl (C=O) groups excluding carboxylic acids is 1. The fraction of sp³-hybridized carbons (Fsp3) is 0.211. The van der Waals surface area contributed by atoms with E-state index in [9.17, 15) is 14.7 Å². The molecule has 5 heteroatoms. The van der Waals surface area contributed by atoms with Gasteiger partial charge >= 0.3 is 5.97 Å². The Morgan fingerprint density at radius 1 is 1.21 bits per heavy atom. The molecule has 1 heterocycles. The van der Waals surface area contributed by atoms with Gasteiger partial charge in [-0.15, -0.1) is 0 Å². The lowest BCUT2D eigenvalue weighted by atomic mass is 9.98. The Hall–Kier alpha value is -2.79. The minimum atomic E-state index is -1.19. The van der Waals surface area contributed by atoms with Crippen LogP contribution in [0.1, 0.15) is 24.1 Å². The fourth-order valence-electron chi connectivity index (χ4n) is 2.41. The van der Waals surface area contributed by atoms with Crippen LogP contribution in [0.5, 0.6) is 0 Å². The molecule has 1 aromatic carbocycles. The zero-order valence-corrected chi connectivity index (χ0v) is 13.3. The Morgan fingerprint density at radius 3 is 2.58 bits per heavy atom. The third-order valence-electron chi connectivity index (χ3n) is 3.54. The number of nitrogens with zero attached hydrogens (tertiary/aromatic N) is 1. The van der Waals surface area contributed by atoms with Crippen molar-refractivity contribution in [1.82, 2.24) is 4.98 Å². The molecule has 0 bridgehead atoms. The minimum absolute atomic E-state index is 0.219. The van der Waals surface area contributed by atoms with E-state index in [0.717, 1.165) is 22.4 Å². The largest absolute Gasteiger partial charge is 0.481 e. The highest BCUT2D eigenvalue weighted by Crippen LogP contribution is 2.26. The standard InChI is InChI=1S/C19H19NO4/c1-13-17(8-7-15(21)11-16(22)12-19(23)24)18(9-10-20-13)14-5-3-2-4-6-14/h2-10,15,21H,11-12H2,1H3,(H,23,24). The van der Waals surface area contributed by atoms with Gasteiger partial charge in [-0.1, -0.05) is 42.5 Å². The first-order valence-electron chi connectivity index (χ1n) is 7.58. The van der Waals surface area contributed by atoms with Crippen molar-refractivity contribution < 1.29 is 19.8 Å². The maximum atomic E-state index is 11.4. The fourth-order valence-corrected chi connectivity index (χ4v) is 2.41. The lowest BCUT2D eigenvalue weighted by Gasteiger charge is -2.10. The first kappa shape index (κ1) is 17.6. The average molecular weight is 325 g/mol. The Bertz CT molecular complexity index is 753. The van der Waals surface area contributed by atoms with E-state index < -0.39 is 24.3 Å². The highest BCUT2D eigenvalue weighted by molar-refractivity contribution is 5.95. The van der Waals surface area contributed by atoms with Gasteiger partial charge in [-0.25, -0.2) is 0 Å². The molecule has 1 aromatic heterocycles. The number of aliphatic hydroxyl groups is 1. The zero-order chi connectivity index (χ0) is 17.5. The number of aliphatic carboxylic acids is 1. The molecule has 0 amide bonds. The van der Waals surface area contributed by atoms with Gasteiger partial charge in [0.05, 0.1) is 6.10 Å². The SMILES string of the molecule is Cc1nccc(-c2ccccc2)c1C=CC(O)CC(=O)CC(=O)O. The number of aryl methyl sites for hydroxylation is 1. The average Bonchev–Trinajstić information content (AvgIpc) is 2.53. The molecule has 0 radical (unpaired) electrons. The molecule has 1 unspecified atom stereocenters. The molecule has 0 aliphatic heterocycles. The smallest absolute Gasteiger partial charge is 0.310 e. The summed E-state index contributed by atoms with van der Waals surface area (Å²) in [6, 6.07) is 11.7. The molecule has 0 fully saturated rings. The Balaban J connectivity index is 2.20. The van der Waals surface area contributed by atoms with E-state index in [0.29, 0.717) is 0 Å². The maximum Gasteiger partial charge on any atom is 0.310 e. The summed E-state index contributed by atoms with van der Waals surface area (Å²) in [6.07, 6.45) is 3.12. The normalized spacial score (nSPS) is 12.2. The lowest BCUT2D eigenvalue weighted by Crippen LogP contribution is -2.14. The number of hydrogen-bond acceptors (Lipinski definition) is 4. The molecule has 0 aliphatic rings. The van der Waals surface area contributed by atoms with Crippen LogP contribution in [0.2, 0.25) is 0 Å². The second-order valence-corrected chi connectivity index (χ2v) is 5.46. The molecule has 2 N–H and O–H groups in total. The number of carboxylic acids is 1. The summed E-state index contributed by atoms with van der Waals surface area (Å²) in [6.45, 7) is 1.87. The predicted octanol–water partition coefficient (Wildman–Crippen LogP) is 2.87. The van der Waals surface area contributed by atoms with Gasteiger partial charge < -0.3 is 10.2 Å². The highest BCUT2D eigenvalue weighted by Gasteiger charge is 2.12. The number of carbonyl (C=O) groups is 2. The number of pyridine rings is 1. The summed E-state index contributed by atoms with van der Waals surface area (Å²) in [5.41, 5.74) is 3.66. The Morgan fingerprint density at radius 2 is 1.92 bits per heavy atom. The number of aliphatic hydroxyl groups excluding tert-OH is 1. The van der Waals surface area contributed by atoms with Gasteiger partial charge in [0, 0.05) is 23.9 Å². The molecule has 24 heavy (non-hydrogen) atoms. The molecule has 124 valence electrons. The van der Waals surface area contributed by atoms with Crippen LogP contribution in [0.15, 0.2) is 48.7 Å². The number of aromatic nitrogens is 1. The van der Waals surface area contributed by atoms with Gasteiger partial charge in [0.2, 0.25) is 0 Å². The number of hydrogen-bond donors (Lipinski definition) is 2. The number of rotatable bonds is 7. The Labute approximate surface area is 140 Å². The second kappa shape index (κ2) is 8.17. The molecule has 0 saturated carbocycles. The maximum absolute atomic E-state index is 11.4. The third-order valence-corrected chi connectivity index (χ3v) is 3.54. The van der Waals surface area contributed by atoms with E-state index >= 15 is 0 Å². The van der Waals surface area contributed by atoms with Crippen molar-refractivity contribution in [1.29, 1.82) is 0 Å². The summed E-state index contributed by atoms with van der Waals surface area (Å²) < 4.78 is 0. The van der Waals surface area contributed by atoms with Crippen molar-refractivity contribution in [3.8, 4) is 11.1 Å². The third kappa shape index (κ3) is 4.86. The van der Waals surface area contributed by atoms with Gasteiger partial charge in [0.25, 0.3) is 0 Å².